The zero-order valence-electron chi connectivity index (χ0n) is 12.8. The molecule has 0 saturated carbocycles. The fraction of sp³-hybridized carbons (Fsp3) is 1.00. The summed E-state index contributed by atoms with van der Waals surface area (Å²) in [6.45, 7) is 7.96. The molecule has 0 bridgehead atoms. The molecule has 0 aromatic rings. The quantitative estimate of drug-likeness (QED) is 0.814. The third-order valence-corrected chi connectivity index (χ3v) is 5.71. The Morgan fingerprint density at radius 2 is 2.05 bits per heavy atom. The van der Waals surface area contributed by atoms with Crippen molar-refractivity contribution < 1.29 is 8.42 Å². The first-order chi connectivity index (χ1) is 9.49. The normalized spacial score (nSPS) is 30.5. The molecule has 2 saturated heterocycles. The van der Waals surface area contributed by atoms with Crippen LogP contribution in [-0.4, -0.2) is 69.2 Å². The van der Waals surface area contributed by atoms with Crippen molar-refractivity contribution in [2.24, 2.45) is 5.92 Å². The predicted molar refractivity (Wildman–Crippen MR) is 82.3 cm³/mol. The molecule has 5 nitrogen and oxygen atoms in total. The van der Waals surface area contributed by atoms with Crippen molar-refractivity contribution in [1.29, 1.82) is 0 Å². The molecule has 0 spiro atoms. The first-order valence-electron chi connectivity index (χ1n) is 7.90. The van der Waals surface area contributed by atoms with E-state index in [-0.39, 0.29) is 0 Å². The molecule has 1 N–H and O–H groups in total. The Morgan fingerprint density at radius 3 is 2.75 bits per heavy atom. The molecular weight excluding hydrogens is 274 g/mol. The third-order valence-electron chi connectivity index (χ3n) is 4.44. The second-order valence-electron chi connectivity index (χ2n) is 6.33. The van der Waals surface area contributed by atoms with Gasteiger partial charge < -0.3 is 10.2 Å². The first-order valence-corrected chi connectivity index (χ1v) is 9.74. The molecule has 6 heteroatoms. The third kappa shape index (κ3) is 4.69. The van der Waals surface area contributed by atoms with Gasteiger partial charge in [0.2, 0.25) is 10.0 Å². The summed E-state index contributed by atoms with van der Waals surface area (Å²) in [5.41, 5.74) is 0. The smallest absolute Gasteiger partial charge is 0.211 e. The van der Waals surface area contributed by atoms with Crippen molar-refractivity contribution >= 4 is 10.0 Å². The van der Waals surface area contributed by atoms with Crippen molar-refractivity contribution in [3.8, 4) is 0 Å². The van der Waals surface area contributed by atoms with E-state index in [1.54, 1.807) is 4.31 Å². The number of hydrogen-bond acceptors (Lipinski definition) is 4. The minimum Gasteiger partial charge on any atom is -0.311 e. The molecule has 0 aromatic heterocycles. The fourth-order valence-electron chi connectivity index (χ4n) is 3.44. The van der Waals surface area contributed by atoms with E-state index in [0.717, 1.165) is 39.0 Å². The predicted octanol–water partition coefficient (Wildman–Crippen LogP) is 0.732. The maximum atomic E-state index is 11.7. The average Bonchev–Trinajstić information content (AvgIpc) is 2.39. The van der Waals surface area contributed by atoms with Gasteiger partial charge in [-0.2, -0.15) is 0 Å². The van der Waals surface area contributed by atoms with Gasteiger partial charge in [0.25, 0.3) is 0 Å². The summed E-state index contributed by atoms with van der Waals surface area (Å²) in [7, 11) is -3.02. The van der Waals surface area contributed by atoms with Crippen LogP contribution in [0.15, 0.2) is 0 Å². The van der Waals surface area contributed by atoms with Crippen LogP contribution >= 0.6 is 0 Å². The molecule has 2 unspecified atom stereocenters. The molecule has 2 heterocycles. The summed E-state index contributed by atoms with van der Waals surface area (Å²) in [5, 5.41) is 3.57. The van der Waals surface area contributed by atoms with Crippen LogP contribution in [0, 0.1) is 5.92 Å². The Labute approximate surface area is 123 Å². The lowest BCUT2D eigenvalue weighted by molar-refractivity contribution is 0.141. The second-order valence-corrected chi connectivity index (χ2v) is 8.31. The Morgan fingerprint density at radius 1 is 1.25 bits per heavy atom. The lowest BCUT2D eigenvalue weighted by Gasteiger charge is -2.38. The van der Waals surface area contributed by atoms with Crippen molar-refractivity contribution in [3.63, 3.8) is 0 Å². The number of nitrogens with one attached hydrogen (secondary N) is 1. The fourth-order valence-corrected chi connectivity index (χ4v) is 4.39. The topological polar surface area (TPSA) is 52.7 Å². The second kappa shape index (κ2) is 7.20. The van der Waals surface area contributed by atoms with Crippen LogP contribution in [0.4, 0.5) is 0 Å². The van der Waals surface area contributed by atoms with Gasteiger partial charge in [0.15, 0.2) is 0 Å². The van der Waals surface area contributed by atoms with Gasteiger partial charge in [0.1, 0.15) is 0 Å². The van der Waals surface area contributed by atoms with Crippen LogP contribution in [0.2, 0.25) is 0 Å². The number of hydrogen-bond donors (Lipinski definition) is 1. The largest absolute Gasteiger partial charge is 0.311 e. The molecule has 0 radical (unpaired) electrons. The summed E-state index contributed by atoms with van der Waals surface area (Å²) in [4.78, 5) is 2.52. The number of nitrogens with zero attached hydrogens (tertiary/aromatic N) is 2. The van der Waals surface area contributed by atoms with Crippen LogP contribution in [0.5, 0.6) is 0 Å². The monoisotopic (exact) mass is 303 g/mol. The van der Waals surface area contributed by atoms with E-state index in [9.17, 15) is 8.42 Å². The first kappa shape index (κ1) is 16.2. The molecule has 118 valence electrons. The van der Waals surface area contributed by atoms with Crippen molar-refractivity contribution in [1.82, 2.24) is 14.5 Å². The summed E-state index contributed by atoms with van der Waals surface area (Å²) in [6.07, 6.45) is 5.95. The molecule has 2 aliphatic heterocycles. The van der Waals surface area contributed by atoms with Crippen molar-refractivity contribution in [2.45, 2.75) is 38.6 Å². The highest BCUT2D eigenvalue weighted by Crippen LogP contribution is 2.20. The van der Waals surface area contributed by atoms with Gasteiger partial charge in [-0.25, -0.2) is 12.7 Å². The van der Waals surface area contributed by atoms with Gasteiger partial charge in [0.05, 0.1) is 6.26 Å². The Bertz CT molecular complexity index is 397. The molecule has 2 fully saturated rings. The van der Waals surface area contributed by atoms with Crippen molar-refractivity contribution in [3.05, 3.63) is 0 Å². The Kier molecular flexibility index (Phi) is 5.84. The number of sulfonamides is 1. The lowest BCUT2D eigenvalue weighted by Crippen LogP contribution is -2.53. The van der Waals surface area contributed by atoms with Crippen LogP contribution in [0.3, 0.4) is 0 Å². The van der Waals surface area contributed by atoms with E-state index in [0.29, 0.717) is 25.0 Å². The Hall–Kier alpha value is -0.170. The minimum atomic E-state index is -3.02. The molecule has 0 amide bonds. The summed E-state index contributed by atoms with van der Waals surface area (Å²) >= 11 is 0. The number of rotatable bonds is 5. The molecule has 0 aliphatic carbocycles. The van der Waals surface area contributed by atoms with Gasteiger partial charge >= 0.3 is 0 Å². The van der Waals surface area contributed by atoms with E-state index in [4.69, 9.17) is 0 Å². The van der Waals surface area contributed by atoms with Gasteiger partial charge in [-0.05, 0) is 25.2 Å². The molecule has 2 atom stereocenters. The highest BCUT2D eigenvalue weighted by Gasteiger charge is 2.28. The molecule has 2 aliphatic rings. The summed E-state index contributed by atoms with van der Waals surface area (Å²) < 4.78 is 25.0. The Balaban J connectivity index is 1.83. The van der Waals surface area contributed by atoms with Gasteiger partial charge in [-0.1, -0.05) is 13.3 Å². The van der Waals surface area contributed by atoms with Crippen LogP contribution in [-0.2, 0) is 10.0 Å². The lowest BCUT2D eigenvalue weighted by atomic mass is 9.98. The molecule has 2 rings (SSSR count). The van der Waals surface area contributed by atoms with Crippen molar-refractivity contribution in [2.75, 3.05) is 45.5 Å². The SMILES string of the molecule is CCCC1CN(CC2CCCN(S(C)(=O)=O)C2)CCN1. The zero-order valence-corrected chi connectivity index (χ0v) is 13.7. The van der Waals surface area contributed by atoms with Gasteiger partial charge in [-0.3, -0.25) is 0 Å². The van der Waals surface area contributed by atoms with E-state index < -0.39 is 10.0 Å². The number of piperidine rings is 1. The van der Waals surface area contributed by atoms with E-state index in [1.165, 1.54) is 19.1 Å². The maximum Gasteiger partial charge on any atom is 0.211 e. The van der Waals surface area contributed by atoms with Crippen LogP contribution < -0.4 is 5.32 Å². The maximum absolute atomic E-state index is 11.7. The summed E-state index contributed by atoms with van der Waals surface area (Å²) in [5.74, 6) is 0.499. The zero-order chi connectivity index (χ0) is 14.6. The highest BCUT2D eigenvalue weighted by atomic mass is 32.2. The molecular formula is C14H29N3O2S. The van der Waals surface area contributed by atoms with E-state index in [2.05, 4.69) is 17.1 Å². The minimum absolute atomic E-state index is 0.499. The average molecular weight is 303 g/mol. The van der Waals surface area contributed by atoms with Crippen LogP contribution in [0.1, 0.15) is 32.6 Å². The number of piperazine rings is 1. The standard InChI is InChI=1S/C14H29N3O2S/c1-3-5-14-12-16(9-7-15-14)10-13-6-4-8-17(11-13)20(2,18)19/h13-15H,3-12H2,1-2H3. The summed E-state index contributed by atoms with van der Waals surface area (Å²) in [6, 6.07) is 0.614. The van der Waals surface area contributed by atoms with E-state index >= 15 is 0 Å². The van der Waals surface area contributed by atoms with Crippen LogP contribution in [0.25, 0.3) is 0 Å². The molecule has 0 aromatic carbocycles. The van der Waals surface area contributed by atoms with E-state index in [1.807, 2.05) is 0 Å². The molecule has 20 heavy (non-hydrogen) atoms. The van der Waals surface area contributed by atoms with Gasteiger partial charge in [0, 0.05) is 45.3 Å². The highest BCUT2D eigenvalue weighted by molar-refractivity contribution is 7.88. The van der Waals surface area contributed by atoms with Gasteiger partial charge in [-0.15, -0.1) is 0 Å².